The van der Waals surface area contributed by atoms with Gasteiger partial charge >= 0.3 is 46.8 Å². The van der Waals surface area contributed by atoms with E-state index in [1.165, 1.54) is 0 Å². The molecule has 0 bridgehead atoms. The van der Waals surface area contributed by atoms with E-state index in [1.807, 2.05) is 0 Å². The maximum atomic E-state index is 0. The summed E-state index contributed by atoms with van der Waals surface area (Å²) in [6, 6.07) is 0. The Morgan fingerprint density at radius 1 is 0.600 bits per heavy atom. The van der Waals surface area contributed by atoms with Crippen LogP contribution in [0.4, 0.5) is 0 Å². The van der Waals surface area contributed by atoms with Gasteiger partial charge in [-0.05, 0) is 0 Å². The number of rotatable bonds is 0. The first-order valence-electron chi connectivity index (χ1n) is 0. The van der Waals surface area contributed by atoms with E-state index in [4.69, 9.17) is 0 Å². The first-order chi connectivity index (χ1) is 0. The Balaban J connectivity index is 0. The monoisotopic (exact) mass is 450 g/mol. The summed E-state index contributed by atoms with van der Waals surface area (Å²) < 4.78 is 0. The molecule has 0 N–H and O–H groups in total. The molecule has 0 aliphatic rings. The van der Waals surface area contributed by atoms with E-state index in [-0.39, 0.29) is 138 Å². The summed E-state index contributed by atoms with van der Waals surface area (Å²) in [6.45, 7) is 0. The maximum Gasteiger partial charge on any atom is 2.00 e. The smallest absolute Gasteiger partial charge is 0.0776 e. The van der Waals surface area contributed by atoms with Crippen LogP contribution in [0.2, 0.25) is 0 Å². The predicted octanol–water partition coefficient (Wildman–Crippen LogP) is 3.43. The fourth-order valence-electron chi connectivity index (χ4n) is 0. The van der Waals surface area contributed by atoms with Crippen LogP contribution in [-0.4, -0.2) is 0 Å². The van der Waals surface area contributed by atoms with Crippen molar-refractivity contribution in [1.29, 1.82) is 0 Å². The topological polar surface area (TPSA) is 0 Å². The fourth-order valence-corrected chi connectivity index (χ4v) is 0. The zero-order valence-electron chi connectivity index (χ0n) is 4.83. The quantitative estimate of drug-likeness (QED) is 0.393. The van der Waals surface area contributed by atoms with Crippen molar-refractivity contribution in [2.75, 3.05) is 0 Å². The molecule has 0 fully saturated rings. The van der Waals surface area contributed by atoms with Crippen LogP contribution in [-0.2, 0) is 93.6 Å². The van der Waals surface area contributed by atoms with Gasteiger partial charge in [0.05, 0.1) is 0 Å². The van der Waals surface area contributed by atoms with E-state index in [2.05, 4.69) is 0 Å². The van der Waals surface area contributed by atoms with Crippen molar-refractivity contribution in [3.63, 3.8) is 0 Å². The van der Waals surface area contributed by atoms with Crippen molar-refractivity contribution >= 4 is 0 Å². The molecule has 0 aromatic rings. The minimum absolute atomic E-state index is 0. The van der Waals surface area contributed by atoms with Gasteiger partial charge in [0.25, 0.3) is 0 Å². The van der Waals surface area contributed by atoms with E-state index < -0.39 is 0 Å². The van der Waals surface area contributed by atoms with Crippen LogP contribution < -0.4 is 0 Å². The van der Waals surface area contributed by atoms with Gasteiger partial charge in [-0.1, -0.05) is 29.7 Å². The van der Waals surface area contributed by atoms with Crippen LogP contribution >= 0.6 is 0 Å². The van der Waals surface area contributed by atoms with Crippen LogP contribution in [0.25, 0.3) is 0 Å². The first-order valence-corrected chi connectivity index (χ1v) is 0. The summed E-state index contributed by atoms with van der Waals surface area (Å²) in [5.41, 5.74) is 0. The Labute approximate surface area is 136 Å². The van der Waals surface area contributed by atoms with Crippen LogP contribution in [0.1, 0.15) is 29.7 Å². The third kappa shape index (κ3) is 131. The van der Waals surface area contributed by atoms with E-state index in [0.717, 1.165) is 0 Å². The standard InChI is InChI=1S/4CH4.2CH3.2Cd.2Zn/h4*1H4;2*1H3;;;;/q;;;;2*+1;;+2;;+2. The minimum Gasteiger partial charge on any atom is -0.0776 e. The van der Waals surface area contributed by atoms with E-state index >= 15 is 0 Å². The SMILES string of the molecule is C.C.C.C.[CH3+].[CH3+].[Cd+2].[Cd].[Zn+2].[Zn]. The van der Waals surface area contributed by atoms with Crippen molar-refractivity contribution < 1.29 is 93.6 Å². The second-order valence-electron chi connectivity index (χ2n) is 0. The van der Waals surface area contributed by atoms with E-state index in [0.29, 0.717) is 0 Å². The molecular formula is C6H22Cd2Zn2+6. The molecule has 0 heterocycles. The molecule has 0 aliphatic carbocycles. The molecule has 0 saturated heterocycles. The fraction of sp³-hybridized carbons (Fsp3) is 0.667. The van der Waals surface area contributed by atoms with Crippen molar-refractivity contribution in [1.82, 2.24) is 0 Å². The summed E-state index contributed by atoms with van der Waals surface area (Å²) >= 11 is 0. The predicted molar refractivity (Wildman–Crippen MR) is 39.8 cm³/mol. The summed E-state index contributed by atoms with van der Waals surface area (Å²) in [7, 11) is 0. The van der Waals surface area contributed by atoms with E-state index in [9.17, 15) is 0 Å². The average molecular weight is 450 g/mol. The van der Waals surface area contributed by atoms with Crippen LogP contribution in [0.5, 0.6) is 0 Å². The van der Waals surface area contributed by atoms with Gasteiger partial charge in [-0.15, -0.1) is 0 Å². The largest absolute Gasteiger partial charge is 2.00 e. The molecule has 4 heteroatoms. The Hall–Kier alpha value is 2.83. The molecule has 0 unspecified atom stereocenters. The van der Waals surface area contributed by atoms with Crippen LogP contribution in [0, 0.1) is 14.9 Å². The molecule has 0 aromatic heterocycles. The molecule has 0 aromatic carbocycles. The Morgan fingerprint density at radius 2 is 0.600 bits per heavy atom. The maximum absolute atomic E-state index is 0. The molecular weight excluding hydrogens is 428 g/mol. The van der Waals surface area contributed by atoms with Gasteiger partial charge in [-0.3, -0.25) is 0 Å². The molecule has 0 spiro atoms. The molecule has 0 radical (unpaired) electrons. The van der Waals surface area contributed by atoms with Gasteiger partial charge in [-0.2, -0.15) is 0 Å². The number of hydrogen-bond donors (Lipinski definition) is 0. The molecule has 0 aliphatic heterocycles. The summed E-state index contributed by atoms with van der Waals surface area (Å²) in [5.74, 6) is 0. The Morgan fingerprint density at radius 3 is 0.600 bits per heavy atom. The first kappa shape index (κ1) is 224. The van der Waals surface area contributed by atoms with Crippen molar-refractivity contribution in [2.45, 2.75) is 29.7 Å². The average Bonchev–Trinajstić information content (AvgIpc) is 0. The molecule has 48 valence electrons. The van der Waals surface area contributed by atoms with Gasteiger partial charge in [0.15, 0.2) is 0 Å². The molecule has 0 amide bonds. The van der Waals surface area contributed by atoms with Gasteiger partial charge in [0, 0.05) is 61.6 Å². The Kier molecular flexibility index (Phi) is 3880. The second kappa shape index (κ2) is 173. The summed E-state index contributed by atoms with van der Waals surface area (Å²) in [5, 5.41) is 0. The van der Waals surface area contributed by atoms with Gasteiger partial charge in [0.1, 0.15) is 0 Å². The third-order valence-electron chi connectivity index (χ3n) is 0. The normalized spacial score (nSPS) is 0. The van der Waals surface area contributed by atoms with Gasteiger partial charge in [-0.25, -0.2) is 0 Å². The minimum atomic E-state index is 0. The molecule has 0 atom stereocenters. The van der Waals surface area contributed by atoms with Crippen molar-refractivity contribution in [3.8, 4) is 0 Å². The zero-order valence-corrected chi connectivity index (χ0v) is 18.8. The van der Waals surface area contributed by atoms with E-state index in [1.54, 1.807) is 0 Å². The molecule has 0 nitrogen and oxygen atoms in total. The molecule has 0 rings (SSSR count). The third-order valence-corrected chi connectivity index (χ3v) is 0. The van der Waals surface area contributed by atoms with Crippen LogP contribution in [0.15, 0.2) is 0 Å². The van der Waals surface area contributed by atoms with Crippen molar-refractivity contribution in [3.05, 3.63) is 14.9 Å². The summed E-state index contributed by atoms with van der Waals surface area (Å²) in [6.07, 6.45) is 0. The zero-order chi connectivity index (χ0) is 0. The number of hydrogen-bond acceptors (Lipinski definition) is 0. The van der Waals surface area contributed by atoms with Crippen molar-refractivity contribution in [2.24, 2.45) is 0 Å². The van der Waals surface area contributed by atoms with Crippen LogP contribution in [0.3, 0.4) is 0 Å². The van der Waals surface area contributed by atoms with Gasteiger partial charge < -0.3 is 0 Å². The summed E-state index contributed by atoms with van der Waals surface area (Å²) in [4.78, 5) is 0. The Bertz CT molecular complexity index is 13.7. The molecule has 0 saturated carbocycles. The second-order valence-corrected chi connectivity index (χ2v) is 0. The molecule has 10 heavy (non-hydrogen) atoms. The van der Waals surface area contributed by atoms with Gasteiger partial charge in [0.2, 0.25) is 0 Å².